The second kappa shape index (κ2) is 5.88. The van der Waals surface area contributed by atoms with E-state index in [4.69, 9.17) is 4.74 Å². The summed E-state index contributed by atoms with van der Waals surface area (Å²) in [6.45, 7) is 0.438. The third-order valence-corrected chi connectivity index (χ3v) is 3.15. The molecule has 0 aromatic carbocycles. The maximum atomic E-state index is 13.0. The molecule has 0 unspecified atom stereocenters. The van der Waals surface area contributed by atoms with Crippen LogP contribution in [0.2, 0.25) is 0 Å². The standard InChI is InChI=1S/C15H11F2N3O2/c16-13-3-1-10(6-18-13)8-20(12-5-15(21)22-9-12)11-2-4-14(17)19-7-11/h1-7H,8-9H2. The van der Waals surface area contributed by atoms with Gasteiger partial charge in [-0.05, 0) is 23.8 Å². The first-order valence-corrected chi connectivity index (χ1v) is 6.49. The average Bonchev–Trinajstić information content (AvgIpc) is 2.94. The quantitative estimate of drug-likeness (QED) is 0.640. The van der Waals surface area contributed by atoms with Crippen LogP contribution in [0.4, 0.5) is 14.5 Å². The zero-order valence-corrected chi connectivity index (χ0v) is 11.4. The molecule has 0 amide bonds. The van der Waals surface area contributed by atoms with Gasteiger partial charge in [-0.3, -0.25) is 0 Å². The van der Waals surface area contributed by atoms with Gasteiger partial charge in [0.05, 0.1) is 17.6 Å². The van der Waals surface area contributed by atoms with Crippen LogP contribution in [0.5, 0.6) is 0 Å². The second-order valence-corrected chi connectivity index (χ2v) is 4.66. The molecule has 22 heavy (non-hydrogen) atoms. The number of carbonyl (C=O) groups excluding carboxylic acids is 1. The van der Waals surface area contributed by atoms with Gasteiger partial charge in [0.25, 0.3) is 0 Å². The molecule has 0 atom stereocenters. The number of hydrogen-bond acceptors (Lipinski definition) is 5. The Morgan fingerprint density at radius 3 is 2.36 bits per heavy atom. The van der Waals surface area contributed by atoms with E-state index >= 15 is 0 Å². The van der Waals surface area contributed by atoms with Crippen molar-refractivity contribution in [2.24, 2.45) is 0 Å². The predicted octanol–water partition coefficient (Wildman–Crippen LogP) is 2.20. The Morgan fingerprint density at radius 2 is 1.82 bits per heavy atom. The Bertz CT molecular complexity index is 715. The molecule has 1 aliphatic heterocycles. The molecule has 0 aliphatic carbocycles. The minimum Gasteiger partial charge on any atom is -0.456 e. The molecule has 112 valence electrons. The fourth-order valence-electron chi connectivity index (χ4n) is 2.09. The van der Waals surface area contributed by atoms with Crippen molar-refractivity contribution in [3.05, 3.63) is 65.9 Å². The van der Waals surface area contributed by atoms with Crippen LogP contribution in [0, 0.1) is 11.9 Å². The average molecular weight is 303 g/mol. The Kier molecular flexibility index (Phi) is 3.78. The first-order chi connectivity index (χ1) is 10.6. The van der Waals surface area contributed by atoms with Crippen LogP contribution >= 0.6 is 0 Å². The molecular weight excluding hydrogens is 292 g/mol. The molecule has 3 heterocycles. The molecule has 0 saturated carbocycles. The maximum absolute atomic E-state index is 13.0. The van der Waals surface area contributed by atoms with Crippen LogP contribution in [0.3, 0.4) is 0 Å². The predicted molar refractivity (Wildman–Crippen MR) is 73.6 cm³/mol. The lowest BCUT2D eigenvalue weighted by Crippen LogP contribution is -2.23. The summed E-state index contributed by atoms with van der Waals surface area (Å²) in [5.41, 5.74) is 1.93. The van der Waals surface area contributed by atoms with Crippen LogP contribution in [-0.2, 0) is 16.1 Å². The smallest absolute Gasteiger partial charge is 0.333 e. The van der Waals surface area contributed by atoms with Crippen molar-refractivity contribution in [2.75, 3.05) is 11.5 Å². The van der Waals surface area contributed by atoms with Gasteiger partial charge in [0.15, 0.2) is 0 Å². The molecule has 0 fully saturated rings. The summed E-state index contributed by atoms with van der Waals surface area (Å²) < 4.78 is 30.8. The number of hydrogen-bond donors (Lipinski definition) is 0. The molecular formula is C15H11F2N3O2. The lowest BCUT2D eigenvalue weighted by atomic mass is 10.2. The van der Waals surface area contributed by atoms with E-state index in [1.165, 1.54) is 30.6 Å². The molecule has 5 nitrogen and oxygen atoms in total. The summed E-state index contributed by atoms with van der Waals surface area (Å²) in [6.07, 6.45) is 4.12. The van der Waals surface area contributed by atoms with Gasteiger partial charge in [0, 0.05) is 18.8 Å². The van der Waals surface area contributed by atoms with Crippen molar-refractivity contribution in [3.63, 3.8) is 0 Å². The van der Waals surface area contributed by atoms with E-state index in [-0.39, 0.29) is 6.61 Å². The Labute approximate surface area is 124 Å². The Morgan fingerprint density at radius 1 is 1.09 bits per heavy atom. The van der Waals surface area contributed by atoms with Crippen LogP contribution in [0.25, 0.3) is 0 Å². The first kappa shape index (κ1) is 14.1. The van der Waals surface area contributed by atoms with Crippen molar-refractivity contribution in [1.29, 1.82) is 0 Å². The maximum Gasteiger partial charge on any atom is 0.333 e. The molecule has 0 spiro atoms. The van der Waals surface area contributed by atoms with Gasteiger partial charge in [-0.2, -0.15) is 8.78 Å². The summed E-state index contributed by atoms with van der Waals surface area (Å²) >= 11 is 0. The lowest BCUT2D eigenvalue weighted by Gasteiger charge is -2.24. The minimum atomic E-state index is -0.597. The van der Waals surface area contributed by atoms with Crippen LogP contribution in [0.15, 0.2) is 48.4 Å². The summed E-state index contributed by atoms with van der Waals surface area (Å²) in [5.74, 6) is -1.61. The molecule has 1 aliphatic rings. The van der Waals surface area contributed by atoms with E-state index in [1.807, 2.05) is 0 Å². The van der Waals surface area contributed by atoms with Gasteiger partial charge in [-0.1, -0.05) is 6.07 Å². The zero-order valence-electron chi connectivity index (χ0n) is 11.4. The number of carbonyl (C=O) groups is 1. The van der Waals surface area contributed by atoms with Gasteiger partial charge in [0.2, 0.25) is 11.9 Å². The molecule has 2 aromatic heterocycles. The number of esters is 1. The Balaban J connectivity index is 1.92. The van der Waals surface area contributed by atoms with E-state index in [0.29, 0.717) is 17.9 Å². The fourth-order valence-corrected chi connectivity index (χ4v) is 2.09. The number of cyclic esters (lactones) is 1. The summed E-state index contributed by atoms with van der Waals surface area (Å²) in [5, 5.41) is 0. The van der Waals surface area contributed by atoms with Crippen molar-refractivity contribution < 1.29 is 18.3 Å². The highest BCUT2D eigenvalue weighted by atomic mass is 19.1. The second-order valence-electron chi connectivity index (χ2n) is 4.66. The van der Waals surface area contributed by atoms with E-state index in [2.05, 4.69) is 9.97 Å². The van der Waals surface area contributed by atoms with Crippen molar-refractivity contribution in [1.82, 2.24) is 9.97 Å². The van der Waals surface area contributed by atoms with E-state index in [1.54, 1.807) is 17.0 Å². The molecule has 3 rings (SSSR count). The summed E-state index contributed by atoms with van der Waals surface area (Å²) in [6, 6.07) is 5.61. The highest BCUT2D eigenvalue weighted by molar-refractivity contribution is 5.86. The number of anilines is 1. The third-order valence-electron chi connectivity index (χ3n) is 3.15. The van der Waals surface area contributed by atoms with Gasteiger partial charge < -0.3 is 9.64 Å². The van der Waals surface area contributed by atoms with Crippen molar-refractivity contribution in [3.8, 4) is 0 Å². The topological polar surface area (TPSA) is 55.3 Å². The van der Waals surface area contributed by atoms with Crippen LogP contribution < -0.4 is 4.90 Å². The minimum absolute atomic E-state index is 0.116. The van der Waals surface area contributed by atoms with Gasteiger partial charge in [0.1, 0.15) is 6.61 Å². The van der Waals surface area contributed by atoms with Crippen LogP contribution in [-0.4, -0.2) is 22.5 Å². The Hall–Kier alpha value is -2.83. The first-order valence-electron chi connectivity index (χ1n) is 6.49. The summed E-state index contributed by atoms with van der Waals surface area (Å²) in [7, 11) is 0. The van der Waals surface area contributed by atoms with Gasteiger partial charge in [-0.15, -0.1) is 0 Å². The van der Waals surface area contributed by atoms with Crippen molar-refractivity contribution >= 4 is 11.7 Å². The monoisotopic (exact) mass is 303 g/mol. The van der Waals surface area contributed by atoms with Gasteiger partial charge in [-0.25, -0.2) is 14.8 Å². The highest BCUT2D eigenvalue weighted by Crippen LogP contribution is 2.24. The number of pyridine rings is 2. The number of rotatable bonds is 4. The molecule has 0 saturated heterocycles. The normalized spacial score (nSPS) is 13.7. The number of aromatic nitrogens is 2. The largest absolute Gasteiger partial charge is 0.456 e. The SMILES string of the molecule is O=C1C=C(N(Cc2ccc(F)nc2)c2ccc(F)nc2)CO1. The van der Waals surface area contributed by atoms with Crippen LogP contribution in [0.1, 0.15) is 5.56 Å². The fraction of sp³-hybridized carbons (Fsp3) is 0.133. The molecule has 0 bridgehead atoms. The number of ether oxygens (including phenoxy) is 1. The number of halogens is 2. The molecule has 2 aromatic rings. The highest BCUT2D eigenvalue weighted by Gasteiger charge is 2.21. The number of nitrogens with zero attached hydrogens (tertiary/aromatic N) is 3. The molecule has 0 N–H and O–H groups in total. The lowest BCUT2D eigenvalue weighted by molar-refractivity contribution is -0.134. The van der Waals surface area contributed by atoms with Crippen molar-refractivity contribution in [2.45, 2.75) is 6.54 Å². The summed E-state index contributed by atoms with van der Waals surface area (Å²) in [4.78, 5) is 20.2. The van der Waals surface area contributed by atoms with Gasteiger partial charge >= 0.3 is 5.97 Å². The molecule has 0 radical (unpaired) electrons. The zero-order chi connectivity index (χ0) is 15.5. The third kappa shape index (κ3) is 3.08. The van der Waals surface area contributed by atoms with E-state index in [9.17, 15) is 13.6 Å². The molecule has 7 heteroatoms. The van der Waals surface area contributed by atoms with E-state index < -0.39 is 17.9 Å². The van der Waals surface area contributed by atoms with E-state index in [0.717, 1.165) is 5.56 Å².